The lowest BCUT2D eigenvalue weighted by atomic mass is 9.99. The fraction of sp³-hybridized carbons (Fsp3) is 0.476. The molecule has 2 aliphatic carbocycles. The Bertz CT molecular complexity index is 765. The molecule has 1 aromatic carbocycles. The van der Waals surface area contributed by atoms with Crippen LogP contribution in [-0.2, 0) is 48.2 Å². The van der Waals surface area contributed by atoms with Crippen molar-refractivity contribution in [1.29, 1.82) is 0 Å². The number of hydrogen-bond donors (Lipinski definition) is 3. The number of carbonyl (C=O) groups excluding carboxylic acids is 1. The van der Waals surface area contributed by atoms with Gasteiger partial charge in [-0.25, -0.2) is 0 Å². The molecule has 3 aliphatic rings. The molecule has 2 aromatic rings. The number of nitrogens with two attached hydrogens (primary N) is 2. The van der Waals surface area contributed by atoms with Gasteiger partial charge in [-0.05, 0) is 90.8 Å². The van der Waals surface area contributed by atoms with Gasteiger partial charge in [-0.1, -0.05) is 6.07 Å². The lowest BCUT2D eigenvalue weighted by Gasteiger charge is -2.14. The topological polar surface area (TPSA) is 90.4 Å². The molecule has 0 radical (unpaired) electrons. The number of primary amides is 1. The molecule has 1 aromatic heterocycles. The number of amides is 1. The molecule has 0 unspecified atom stereocenters. The van der Waals surface area contributed by atoms with Crippen molar-refractivity contribution in [2.75, 3.05) is 19.0 Å². The summed E-state index contributed by atoms with van der Waals surface area (Å²) in [5.41, 5.74) is 13.5. The van der Waals surface area contributed by atoms with Crippen LogP contribution < -0.4 is 16.2 Å². The zero-order valence-corrected chi connectivity index (χ0v) is 18.0. The lowest BCUT2D eigenvalue weighted by Crippen LogP contribution is -2.05. The van der Waals surface area contributed by atoms with E-state index in [0.717, 1.165) is 19.6 Å². The van der Waals surface area contributed by atoms with Gasteiger partial charge in [0.15, 0.2) is 0 Å². The highest BCUT2D eigenvalue weighted by Gasteiger charge is 2.22. The SMILES string of the molecule is CNc1c2c(cc3c1CCC3)CCC2.NC=O.NSc1cc2c(s1)COCC2. The summed E-state index contributed by atoms with van der Waals surface area (Å²) in [6, 6.07) is 4.65. The molecular formula is C21H29N3O2S2. The number of ether oxygens (including phenoxy) is 1. The maximum Gasteiger partial charge on any atom is 0.204 e. The summed E-state index contributed by atoms with van der Waals surface area (Å²) in [6.45, 7) is 1.64. The molecule has 5 rings (SSSR count). The summed E-state index contributed by atoms with van der Waals surface area (Å²) in [5.74, 6) is 0. The summed E-state index contributed by atoms with van der Waals surface area (Å²) in [4.78, 5) is 9.93. The van der Waals surface area contributed by atoms with Gasteiger partial charge in [0.25, 0.3) is 0 Å². The summed E-state index contributed by atoms with van der Waals surface area (Å²) >= 11 is 3.07. The van der Waals surface area contributed by atoms with E-state index in [1.807, 2.05) is 0 Å². The highest BCUT2D eigenvalue weighted by molar-refractivity contribution is 7.99. The highest BCUT2D eigenvalue weighted by Crippen LogP contribution is 2.38. The first-order chi connectivity index (χ1) is 13.7. The standard InChI is InChI=1S/C13H17N.C7H9NOS2.CH3NO/c1-14-13-11-6-2-4-9(11)8-10-5-3-7-12(10)13;8-11-7-3-5-1-2-9-4-6(5)10-7;2-1-3/h8,14H,2-7H2,1H3;3H,1-2,4,8H2;1H,(H2,2,3). The number of nitrogens with one attached hydrogen (secondary N) is 1. The van der Waals surface area contributed by atoms with Gasteiger partial charge >= 0.3 is 0 Å². The zero-order valence-electron chi connectivity index (χ0n) is 16.4. The number of rotatable bonds is 2. The molecule has 2 heterocycles. The predicted octanol–water partition coefficient (Wildman–Crippen LogP) is 3.59. The maximum atomic E-state index is 8.58. The van der Waals surface area contributed by atoms with Gasteiger partial charge < -0.3 is 15.8 Å². The number of carbonyl (C=O) groups is 1. The third-order valence-electron chi connectivity index (χ3n) is 5.46. The third-order valence-corrected chi connectivity index (χ3v) is 7.30. The van der Waals surface area contributed by atoms with Crippen molar-refractivity contribution in [1.82, 2.24) is 0 Å². The monoisotopic (exact) mass is 419 g/mol. The van der Waals surface area contributed by atoms with Gasteiger partial charge in [0.1, 0.15) is 0 Å². The van der Waals surface area contributed by atoms with Crippen LogP contribution in [0, 0.1) is 0 Å². The van der Waals surface area contributed by atoms with Crippen LogP contribution in [0.2, 0.25) is 0 Å². The van der Waals surface area contributed by atoms with Crippen molar-refractivity contribution in [3.63, 3.8) is 0 Å². The van der Waals surface area contributed by atoms with Crippen LogP contribution in [0.25, 0.3) is 0 Å². The second kappa shape index (κ2) is 10.3. The van der Waals surface area contributed by atoms with Crippen LogP contribution in [0.3, 0.4) is 0 Å². The minimum absolute atomic E-state index is 0.250. The lowest BCUT2D eigenvalue weighted by molar-refractivity contribution is -0.106. The summed E-state index contributed by atoms with van der Waals surface area (Å²) < 4.78 is 6.51. The molecule has 1 amide bonds. The van der Waals surface area contributed by atoms with E-state index in [1.54, 1.807) is 33.6 Å². The number of anilines is 1. The van der Waals surface area contributed by atoms with Crippen LogP contribution in [-0.4, -0.2) is 20.1 Å². The maximum absolute atomic E-state index is 8.58. The van der Waals surface area contributed by atoms with Crippen molar-refractivity contribution in [3.8, 4) is 0 Å². The van der Waals surface area contributed by atoms with Crippen LogP contribution >= 0.6 is 23.3 Å². The quantitative estimate of drug-likeness (QED) is 0.511. The van der Waals surface area contributed by atoms with E-state index in [4.69, 9.17) is 14.7 Å². The van der Waals surface area contributed by atoms with Crippen LogP contribution in [0.5, 0.6) is 0 Å². The number of aryl methyl sites for hydroxylation is 2. The Morgan fingerprint density at radius 2 is 1.71 bits per heavy atom. The molecule has 1 aliphatic heterocycles. The van der Waals surface area contributed by atoms with Crippen molar-refractivity contribution < 1.29 is 9.53 Å². The Morgan fingerprint density at radius 1 is 1.07 bits per heavy atom. The number of hydrogen-bond acceptors (Lipinski definition) is 6. The molecule has 7 heteroatoms. The van der Waals surface area contributed by atoms with Gasteiger partial charge in [-0.15, -0.1) is 11.3 Å². The van der Waals surface area contributed by atoms with Gasteiger partial charge in [0.05, 0.1) is 17.4 Å². The third kappa shape index (κ3) is 4.71. The largest absolute Gasteiger partial charge is 0.388 e. The minimum atomic E-state index is 0.250. The Labute approximate surface area is 175 Å². The molecule has 0 fully saturated rings. The van der Waals surface area contributed by atoms with Gasteiger partial charge in [-0.3, -0.25) is 9.93 Å². The summed E-state index contributed by atoms with van der Waals surface area (Å²) in [5, 5.41) is 8.88. The average molecular weight is 420 g/mol. The molecule has 5 N–H and O–H groups in total. The van der Waals surface area contributed by atoms with E-state index in [-0.39, 0.29) is 6.41 Å². The fourth-order valence-electron chi connectivity index (χ4n) is 4.30. The Balaban J connectivity index is 0.000000145. The molecule has 0 saturated heterocycles. The Kier molecular flexibility index (Phi) is 7.79. The number of benzene rings is 1. The zero-order chi connectivity index (χ0) is 19.9. The highest BCUT2D eigenvalue weighted by atomic mass is 32.2. The van der Waals surface area contributed by atoms with Gasteiger partial charge in [-0.2, -0.15) is 0 Å². The first-order valence-electron chi connectivity index (χ1n) is 9.77. The van der Waals surface area contributed by atoms with E-state index in [0.29, 0.717) is 0 Å². The molecule has 0 bridgehead atoms. The van der Waals surface area contributed by atoms with Crippen molar-refractivity contribution in [3.05, 3.63) is 44.8 Å². The summed E-state index contributed by atoms with van der Waals surface area (Å²) in [7, 11) is 2.08. The first kappa shape index (κ1) is 21.2. The van der Waals surface area contributed by atoms with Gasteiger partial charge in [0.2, 0.25) is 6.41 Å². The number of fused-ring (bicyclic) bond motifs is 3. The molecule has 0 spiro atoms. The first-order valence-corrected chi connectivity index (χ1v) is 11.5. The van der Waals surface area contributed by atoms with E-state index >= 15 is 0 Å². The molecule has 5 nitrogen and oxygen atoms in total. The molecule has 0 atom stereocenters. The van der Waals surface area contributed by atoms with Crippen LogP contribution in [0.1, 0.15) is 45.5 Å². The smallest absolute Gasteiger partial charge is 0.204 e. The predicted molar refractivity (Wildman–Crippen MR) is 118 cm³/mol. The minimum Gasteiger partial charge on any atom is -0.388 e. The summed E-state index contributed by atoms with van der Waals surface area (Å²) in [6.07, 6.45) is 9.19. The Morgan fingerprint density at radius 3 is 2.25 bits per heavy atom. The van der Waals surface area contributed by atoms with E-state index in [2.05, 4.69) is 30.2 Å². The molecule has 28 heavy (non-hydrogen) atoms. The van der Waals surface area contributed by atoms with Crippen LogP contribution in [0.15, 0.2) is 16.3 Å². The van der Waals surface area contributed by atoms with Crippen LogP contribution in [0.4, 0.5) is 5.69 Å². The second-order valence-electron chi connectivity index (χ2n) is 7.05. The molecular weight excluding hydrogens is 390 g/mol. The van der Waals surface area contributed by atoms with E-state index < -0.39 is 0 Å². The molecule has 0 saturated carbocycles. The van der Waals surface area contributed by atoms with Crippen molar-refractivity contribution in [2.24, 2.45) is 10.9 Å². The second-order valence-corrected chi connectivity index (χ2v) is 9.13. The van der Waals surface area contributed by atoms with E-state index in [1.165, 1.54) is 70.8 Å². The van der Waals surface area contributed by atoms with Gasteiger partial charge in [0, 0.05) is 17.6 Å². The fourth-order valence-corrected chi connectivity index (χ4v) is 5.88. The molecule has 152 valence electrons. The Hall–Kier alpha value is -1.54. The normalized spacial score (nSPS) is 15.9. The average Bonchev–Trinajstić information content (AvgIpc) is 3.45. The van der Waals surface area contributed by atoms with E-state index in [9.17, 15) is 0 Å². The number of thiophene rings is 1. The van der Waals surface area contributed by atoms with Crippen molar-refractivity contribution in [2.45, 2.75) is 55.8 Å². The van der Waals surface area contributed by atoms with Crippen molar-refractivity contribution >= 4 is 35.4 Å².